The van der Waals surface area contributed by atoms with E-state index >= 15 is 0 Å². The summed E-state index contributed by atoms with van der Waals surface area (Å²) in [6, 6.07) is 16.9. The number of nitrogens with one attached hydrogen (secondary N) is 1. The molecule has 1 fully saturated rings. The number of hydrogen-bond donors (Lipinski definition) is 1. The molecule has 0 atom stereocenters. The van der Waals surface area contributed by atoms with Crippen molar-refractivity contribution in [2.75, 3.05) is 4.90 Å². The number of carbonyl (C=O) groups is 3. The number of imide groups is 2. The highest BCUT2D eigenvalue weighted by atomic mass is 35.5. The van der Waals surface area contributed by atoms with Crippen LogP contribution in [-0.2, 0) is 22.6 Å². The van der Waals surface area contributed by atoms with Crippen molar-refractivity contribution in [3.8, 4) is 5.75 Å². The van der Waals surface area contributed by atoms with E-state index < -0.39 is 17.8 Å². The molecule has 0 unspecified atom stereocenters. The zero-order valence-electron chi connectivity index (χ0n) is 18.2. The molecule has 8 heteroatoms. The highest BCUT2D eigenvalue weighted by Gasteiger charge is 2.36. The predicted octanol–water partition coefficient (Wildman–Crippen LogP) is 5.29. The normalized spacial score (nSPS) is 15.0. The largest absolute Gasteiger partial charge is 0.487 e. The third kappa shape index (κ3) is 5.00. The van der Waals surface area contributed by atoms with Gasteiger partial charge in [0.2, 0.25) is 0 Å². The minimum Gasteiger partial charge on any atom is -0.487 e. The first-order valence-corrected chi connectivity index (χ1v) is 10.9. The predicted molar refractivity (Wildman–Crippen MR) is 127 cm³/mol. The summed E-state index contributed by atoms with van der Waals surface area (Å²) >= 11 is 6.32. The van der Waals surface area contributed by atoms with Crippen molar-refractivity contribution in [3.63, 3.8) is 0 Å². The van der Waals surface area contributed by atoms with Gasteiger partial charge in [0, 0.05) is 0 Å². The number of barbiturate groups is 1. The van der Waals surface area contributed by atoms with Crippen molar-refractivity contribution >= 4 is 41.2 Å². The highest BCUT2D eigenvalue weighted by Crippen LogP contribution is 2.28. The summed E-state index contributed by atoms with van der Waals surface area (Å²) < 4.78 is 19.0. The van der Waals surface area contributed by atoms with Gasteiger partial charge in [-0.2, -0.15) is 0 Å². The maximum Gasteiger partial charge on any atom is 0.335 e. The fourth-order valence-electron chi connectivity index (χ4n) is 3.45. The van der Waals surface area contributed by atoms with Gasteiger partial charge in [-0.1, -0.05) is 48.9 Å². The molecule has 1 aliphatic heterocycles. The molecule has 6 nitrogen and oxygen atoms in total. The van der Waals surface area contributed by atoms with Gasteiger partial charge in [0.1, 0.15) is 23.7 Å². The number of ether oxygens (including phenoxy) is 1. The number of carbonyl (C=O) groups excluding carboxylic acids is 3. The lowest BCUT2D eigenvalue weighted by atomic mass is 10.1. The first-order valence-electron chi connectivity index (χ1n) is 10.5. The number of nitrogens with zero attached hydrogens (tertiary/aromatic N) is 1. The van der Waals surface area contributed by atoms with Crippen LogP contribution in [0.2, 0.25) is 5.02 Å². The lowest BCUT2D eigenvalue weighted by Crippen LogP contribution is -2.54. The average Bonchev–Trinajstić information content (AvgIpc) is 2.81. The number of rotatable bonds is 6. The molecular formula is C26H20ClFN2O4. The fraction of sp³-hybridized carbons (Fsp3) is 0.115. The third-order valence-corrected chi connectivity index (χ3v) is 5.55. The standard InChI is InChI=1S/C26H20ClFN2O4/c1-2-16-6-9-20(10-7-16)30-25(32)21(24(31)29-26(30)33)13-17-8-11-23(22(27)14-17)34-15-18-4-3-5-19(28)12-18/h3-14H,2,15H2,1H3,(H,29,31,33)/b21-13+. The molecule has 172 valence electrons. The zero-order valence-corrected chi connectivity index (χ0v) is 18.9. The van der Waals surface area contributed by atoms with Gasteiger partial charge in [0.25, 0.3) is 11.8 Å². The summed E-state index contributed by atoms with van der Waals surface area (Å²) in [5, 5.41) is 2.44. The van der Waals surface area contributed by atoms with Gasteiger partial charge < -0.3 is 4.74 Å². The third-order valence-electron chi connectivity index (χ3n) is 5.25. The maximum absolute atomic E-state index is 13.3. The topological polar surface area (TPSA) is 75.7 Å². The van der Waals surface area contributed by atoms with Crippen LogP contribution in [0.3, 0.4) is 0 Å². The Hall–Kier alpha value is -3.97. The van der Waals surface area contributed by atoms with Gasteiger partial charge in [-0.3, -0.25) is 14.9 Å². The second-order valence-electron chi connectivity index (χ2n) is 7.59. The summed E-state index contributed by atoms with van der Waals surface area (Å²) in [5.41, 5.74) is 2.32. The molecule has 34 heavy (non-hydrogen) atoms. The Labute approximate surface area is 200 Å². The van der Waals surface area contributed by atoms with Gasteiger partial charge in [-0.25, -0.2) is 14.1 Å². The van der Waals surface area contributed by atoms with Gasteiger partial charge in [0.05, 0.1) is 10.7 Å². The molecule has 0 radical (unpaired) electrons. The summed E-state index contributed by atoms with van der Waals surface area (Å²) in [6.07, 6.45) is 2.17. The Morgan fingerprint density at radius 2 is 1.76 bits per heavy atom. The Bertz CT molecular complexity index is 1300. The number of aryl methyl sites for hydroxylation is 1. The summed E-state index contributed by atoms with van der Waals surface area (Å²) in [4.78, 5) is 38.7. The molecule has 4 rings (SSSR count). The van der Waals surface area contributed by atoms with Crippen LogP contribution in [0.4, 0.5) is 14.9 Å². The second-order valence-corrected chi connectivity index (χ2v) is 7.99. The van der Waals surface area contributed by atoms with Crippen LogP contribution < -0.4 is 15.0 Å². The van der Waals surface area contributed by atoms with E-state index in [1.165, 1.54) is 24.3 Å². The molecule has 0 aliphatic carbocycles. The van der Waals surface area contributed by atoms with E-state index in [9.17, 15) is 18.8 Å². The van der Waals surface area contributed by atoms with E-state index in [-0.39, 0.29) is 23.0 Å². The van der Waals surface area contributed by atoms with E-state index in [1.807, 2.05) is 19.1 Å². The number of urea groups is 1. The van der Waals surface area contributed by atoms with Crippen molar-refractivity contribution in [3.05, 3.63) is 99.8 Å². The molecule has 3 aromatic carbocycles. The van der Waals surface area contributed by atoms with Gasteiger partial charge in [-0.05, 0) is 65.6 Å². The smallest absolute Gasteiger partial charge is 0.335 e. The van der Waals surface area contributed by atoms with Crippen LogP contribution in [0.5, 0.6) is 5.75 Å². The number of halogens is 2. The highest BCUT2D eigenvalue weighted by molar-refractivity contribution is 6.39. The summed E-state index contributed by atoms with van der Waals surface area (Å²) in [6.45, 7) is 2.11. The van der Waals surface area contributed by atoms with E-state index in [2.05, 4.69) is 5.32 Å². The molecule has 0 spiro atoms. The van der Waals surface area contributed by atoms with Crippen molar-refractivity contribution in [1.82, 2.24) is 5.32 Å². The van der Waals surface area contributed by atoms with Crippen LogP contribution >= 0.6 is 11.6 Å². The van der Waals surface area contributed by atoms with Crippen molar-refractivity contribution in [2.24, 2.45) is 0 Å². The Kier molecular flexibility index (Phi) is 6.75. The van der Waals surface area contributed by atoms with E-state index in [0.717, 1.165) is 16.9 Å². The van der Waals surface area contributed by atoms with Crippen LogP contribution in [0.1, 0.15) is 23.6 Å². The Morgan fingerprint density at radius 1 is 1.00 bits per heavy atom. The fourth-order valence-corrected chi connectivity index (χ4v) is 3.69. The van der Waals surface area contributed by atoms with Crippen LogP contribution in [-0.4, -0.2) is 17.8 Å². The van der Waals surface area contributed by atoms with Crippen molar-refractivity contribution in [1.29, 1.82) is 0 Å². The number of amides is 4. The molecule has 3 aromatic rings. The molecule has 1 aliphatic rings. The molecule has 0 bridgehead atoms. The average molecular weight is 479 g/mol. The first kappa shape index (κ1) is 23.2. The molecule has 0 aromatic heterocycles. The van der Waals surface area contributed by atoms with E-state index in [4.69, 9.17) is 16.3 Å². The quantitative estimate of drug-likeness (QED) is 0.386. The van der Waals surface area contributed by atoms with Crippen LogP contribution in [0.15, 0.2) is 72.3 Å². The number of hydrogen-bond acceptors (Lipinski definition) is 4. The Balaban J connectivity index is 1.55. The summed E-state index contributed by atoms with van der Waals surface area (Å²) in [5.74, 6) is -1.53. The van der Waals surface area contributed by atoms with Gasteiger partial charge in [0.15, 0.2) is 0 Å². The van der Waals surface area contributed by atoms with Crippen LogP contribution in [0, 0.1) is 5.82 Å². The van der Waals surface area contributed by atoms with E-state index in [1.54, 1.807) is 36.4 Å². The Morgan fingerprint density at radius 3 is 2.44 bits per heavy atom. The summed E-state index contributed by atoms with van der Waals surface area (Å²) in [7, 11) is 0. The first-order chi connectivity index (χ1) is 16.4. The lowest BCUT2D eigenvalue weighted by molar-refractivity contribution is -0.122. The van der Waals surface area contributed by atoms with Gasteiger partial charge in [-0.15, -0.1) is 0 Å². The number of benzene rings is 3. The molecule has 4 amide bonds. The van der Waals surface area contributed by atoms with Crippen molar-refractivity contribution < 1.29 is 23.5 Å². The minimum absolute atomic E-state index is 0.118. The maximum atomic E-state index is 13.3. The molecular weight excluding hydrogens is 459 g/mol. The second kappa shape index (κ2) is 9.89. The molecule has 1 saturated heterocycles. The molecule has 1 heterocycles. The lowest BCUT2D eigenvalue weighted by Gasteiger charge is -2.26. The molecule has 0 saturated carbocycles. The van der Waals surface area contributed by atoms with Gasteiger partial charge >= 0.3 is 6.03 Å². The van der Waals surface area contributed by atoms with Crippen molar-refractivity contribution in [2.45, 2.75) is 20.0 Å². The van der Waals surface area contributed by atoms with E-state index in [0.29, 0.717) is 22.6 Å². The zero-order chi connectivity index (χ0) is 24.2. The SMILES string of the molecule is CCc1ccc(N2C(=O)NC(=O)/C(=C\c3ccc(OCc4cccc(F)c4)c(Cl)c3)C2=O)cc1. The molecule has 1 N–H and O–H groups in total. The monoisotopic (exact) mass is 478 g/mol. The van der Waals surface area contributed by atoms with Crippen LogP contribution in [0.25, 0.3) is 6.08 Å². The minimum atomic E-state index is -0.810. The number of anilines is 1.